The normalized spacial score (nSPS) is 11.7. The summed E-state index contributed by atoms with van der Waals surface area (Å²) in [6.07, 6.45) is 6.93. The van der Waals surface area contributed by atoms with Gasteiger partial charge in [-0.3, -0.25) is 4.79 Å². The van der Waals surface area contributed by atoms with E-state index < -0.39 is 0 Å². The number of ketones is 1. The predicted molar refractivity (Wildman–Crippen MR) is 57.8 cm³/mol. The Bertz CT molecular complexity index is 142. The molecule has 0 aromatic rings. The number of carbonyl (C=O) groups excluding carboxylic acids is 1. The van der Waals surface area contributed by atoms with Crippen LogP contribution in [0.25, 0.3) is 0 Å². The molecule has 1 heteroatoms. The molecule has 0 saturated carbocycles. The van der Waals surface area contributed by atoms with Crippen LogP contribution >= 0.6 is 0 Å². The lowest BCUT2D eigenvalue weighted by molar-refractivity contribution is -0.126. The summed E-state index contributed by atoms with van der Waals surface area (Å²) in [5, 5.41) is 0. The minimum absolute atomic E-state index is 0.134. The minimum atomic E-state index is -0.134. The maximum Gasteiger partial charge on any atom is 0.138 e. The largest absolute Gasteiger partial charge is 0.299 e. The maximum absolute atomic E-state index is 11.5. The molecule has 0 aromatic heterocycles. The van der Waals surface area contributed by atoms with Crippen LogP contribution in [-0.4, -0.2) is 5.78 Å². The third-order valence-electron chi connectivity index (χ3n) is 2.34. The first-order valence-corrected chi connectivity index (χ1v) is 5.51. The fourth-order valence-corrected chi connectivity index (χ4v) is 1.26. The van der Waals surface area contributed by atoms with Gasteiger partial charge in [0, 0.05) is 11.8 Å². The van der Waals surface area contributed by atoms with E-state index in [1.165, 1.54) is 25.7 Å². The fourth-order valence-electron chi connectivity index (χ4n) is 1.26. The molecule has 0 aliphatic rings. The van der Waals surface area contributed by atoms with Crippen molar-refractivity contribution in [3.63, 3.8) is 0 Å². The summed E-state index contributed by atoms with van der Waals surface area (Å²) >= 11 is 0. The molecular weight excluding hydrogens is 160 g/mol. The Kier molecular flexibility index (Phi) is 6.02. The molecule has 0 rings (SSSR count). The van der Waals surface area contributed by atoms with Crippen molar-refractivity contribution in [1.82, 2.24) is 0 Å². The molecule has 0 bridgehead atoms. The molecular formula is C12H24O. The number of Topliss-reactive ketones (excluding diaryl/α,β-unsaturated/α-hetero) is 1. The molecule has 78 valence electrons. The van der Waals surface area contributed by atoms with Gasteiger partial charge in [0.1, 0.15) is 5.78 Å². The van der Waals surface area contributed by atoms with Gasteiger partial charge in [-0.15, -0.1) is 0 Å². The van der Waals surface area contributed by atoms with Gasteiger partial charge in [-0.05, 0) is 6.42 Å². The van der Waals surface area contributed by atoms with Gasteiger partial charge in [0.15, 0.2) is 0 Å². The van der Waals surface area contributed by atoms with Crippen molar-refractivity contribution < 1.29 is 4.79 Å². The van der Waals surface area contributed by atoms with Gasteiger partial charge in [-0.1, -0.05) is 53.4 Å². The molecule has 0 atom stereocenters. The Balaban J connectivity index is 3.38. The molecule has 0 radical (unpaired) electrons. The third-order valence-corrected chi connectivity index (χ3v) is 2.34. The lowest BCUT2D eigenvalue weighted by Crippen LogP contribution is -2.19. The summed E-state index contributed by atoms with van der Waals surface area (Å²) in [5.74, 6) is 0.406. The van der Waals surface area contributed by atoms with Crippen molar-refractivity contribution >= 4 is 5.78 Å². The molecule has 0 aliphatic heterocycles. The van der Waals surface area contributed by atoms with Gasteiger partial charge in [0.2, 0.25) is 0 Å². The van der Waals surface area contributed by atoms with Crippen LogP contribution < -0.4 is 0 Å². The number of hydrogen-bond donors (Lipinski definition) is 0. The Hall–Kier alpha value is -0.330. The topological polar surface area (TPSA) is 17.1 Å². The number of unbranched alkanes of at least 4 members (excludes halogenated alkanes) is 4. The van der Waals surface area contributed by atoms with Crippen molar-refractivity contribution in [2.24, 2.45) is 5.41 Å². The Labute approximate surface area is 82.9 Å². The first-order valence-electron chi connectivity index (χ1n) is 5.51. The predicted octanol–water partition coefficient (Wildman–Crippen LogP) is 3.96. The zero-order valence-corrected chi connectivity index (χ0v) is 9.65. The van der Waals surface area contributed by atoms with E-state index in [1.54, 1.807) is 0 Å². The van der Waals surface area contributed by atoms with E-state index in [0.29, 0.717) is 5.78 Å². The average molecular weight is 184 g/mol. The van der Waals surface area contributed by atoms with E-state index in [-0.39, 0.29) is 5.41 Å². The molecule has 13 heavy (non-hydrogen) atoms. The highest BCUT2D eigenvalue weighted by molar-refractivity contribution is 5.83. The Morgan fingerprint density at radius 1 is 1.00 bits per heavy atom. The highest BCUT2D eigenvalue weighted by Gasteiger charge is 2.19. The second-order valence-corrected chi connectivity index (χ2v) is 4.84. The molecule has 0 aliphatic carbocycles. The molecule has 0 amide bonds. The fraction of sp³-hybridized carbons (Fsp3) is 0.917. The van der Waals surface area contributed by atoms with E-state index in [0.717, 1.165) is 12.8 Å². The summed E-state index contributed by atoms with van der Waals surface area (Å²) in [5.41, 5.74) is -0.134. The summed E-state index contributed by atoms with van der Waals surface area (Å²) in [4.78, 5) is 11.5. The molecule has 0 unspecified atom stereocenters. The van der Waals surface area contributed by atoms with Crippen LogP contribution in [0.3, 0.4) is 0 Å². The van der Waals surface area contributed by atoms with Gasteiger partial charge in [-0.2, -0.15) is 0 Å². The summed E-state index contributed by atoms with van der Waals surface area (Å²) in [6, 6.07) is 0. The van der Waals surface area contributed by atoms with Crippen LogP contribution in [0.2, 0.25) is 0 Å². The van der Waals surface area contributed by atoms with Crippen molar-refractivity contribution in [2.75, 3.05) is 0 Å². The zero-order valence-electron chi connectivity index (χ0n) is 9.65. The smallest absolute Gasteiger partial charge is 0.138 e. The first kappa shape index (κ1) is 12.7. The lowest BCUT2D eigenvalue weighted by Gasteiger charge is -2.15. The van der Waals surface area contributed by atoms with Crippen LogP contribution in [0.5, 0.6) is 0 Å². The molecule has 0 N–H and O–H groups in total. The van der Waals surface area contributed by atoms with Crippen LogP contribution in [0.4, 0.5) is 0 Å². The van der Waals surface area contributed by atoms with Crippen LogP contribution in [0.1, 0.15) is 66.2 Å². The van der Waals surface area contributed by atoms with Crippen LogP contribution in [0, 0.1) is 5.41 Å². The van der Waals surface area contributed by atoms with E-state index in [1.807, 2.05) is 20.8 Å². The van der Waals surface area contributed by atoms with E-state index in [4.69, 9.17) is 0 Å². The standard InChI is InChI=1S/C12H24O/c1-5-6-7-8-9-10-11(13)12(2,3)4/h5-10H2,1-4H3. The second kappa shape index (κ2) is 6.17. The molecule has 1 nitrogen and oxygen atoms in total. The maximum atomic E-state index is 11.5. The third kappa shape index (κ3) is 6.80. The van der Waals surface area contributed by atoms with Crippen molar-refractivity contribution in [2.45, 2.75) is 66.2 Å². The number of rotatable bonds is 6. The minimum Gasteiger partial charge on any atom is -0.299 e. The van der Waals surface area contributed by atoms with Crippen molar-refractivity contribution in [3.8, 4) is 0 Å². The van der Waals surface area contributed by atoms with Gasteiger partial charge < -0.3 is 0 Å². The van der Waals surface area contributed by atoms with Crippen molar-refractivity contribution in [3.05, 3.63) is 0 Å². The summed E-state index contributed by atoms with van der Waals surface area (Å²) in [7, 11) is 0. The van der Waals surface area contributed by atoms with E-state index in [9.17, 15) is 4.79 Å². The molecule has 0 heterocycles. The van der Waals surface area contributed by atoms with Gasteiger partial charge >= 0.3 is 0 Å². The lowest BCUT2D eigenvalue weighted by atomic mass is 9.88. The van der Waals surface area contributed by atoms with E-state index in [2.05, 4.69) is 6.92 Å². The molecule has 0 saturated heterocycles. The Morgan fingerprint density at radius 3 is 2.00 bits per heavy atom. The molecule has 0 aromatic carbocycles. The molecule has 0 spiro atoms. The van der Waals surface area contributed by atoms with Crippen molar-refractivity contribution in [1.29, 1.82) is 0 Å². The number of hydrogen-bond acceptors (Lipinski definition) is 1. The molecule has 0 fully saturated rings. The van der Waals surface area contributed by atoms with Crippen LogP contribution in [-0.2, 0) is 4.79 Å². The quantitative estimate of drug-likeness (QED) is 0.571. The second-order valence-electron chi connectivity index (χ2n) is 4.84. The van der Waals surface area contributed by atoms with Crippen LogP contribution in [0.15, 0.2) is 0 Å². The Morgan fingerprint density at radius 2 is 1.54 bits per heavy atom. The van der Waals surface area contributed by atoms with E-state index >= 15 is 0 Å². The zero-order chi connectivity index (χ0) is 10.3. The summed E-state index contributed by atoms with van der Waals surface area (Å²) < 4.78 is 0. The average Bonchev–Trinajstić information content (AvgIpc) is 2.02. The van der Waals surface area contributed by atoms with Gasteiger partial charge in [0.05, 0.1) is 0 Å². The SMILES string of the molecule is CCCCCCCC(=O)C(C)(C)C. The van der Waals surface area contributed by atoms with Gasteiger partial charge in [0.25, 0.3) is 0 Å². The highest BCUT2D eigenvalue weighted by atomic mass is 16.1. The summed E-state index contributed by atoms with van der Waals surface area (Å²) in [6.45, 7) is 8.21. The highest BCUT2D eigenvalue weighted by Crippen LogP contribution is 2.18. The first-order chi connectivity index (χ1) is 5.98. The number of carbonyl (C=O) groups is 1. The van der Waals surface area contributed by atoms with Gasteiger partial charge in [-0.25, -0.2) is 0 Å². The monoisotopic (exact) mass is 184 g/mol.